The summed E-state index contributed by atoms with van der Waals surface area (Å²) < 4.78 is 0. The minimum absolute atomic E-state index is 0. The first kappa shape index (κ1) is 17.7. The summed E-state index contributed by atoms with van der Waals surface area (Å²) in [6, 6.07) is 11.2. The van der Waals surface area contributed by atoms with Crippen LogP contribution < -0.4 is 5.32 Å². The van der Waals surface area contributed by atoms with Crippen molar-refractivity contribution in [1.82, 2.24) is 15.2 Å². The van der Waals surface area contributed by atoms with Gasteiger partial charge in [0.2, 0.25) is 0 Å². The number of halogens is 2. The van der Waals surface area contributed by atoms with Crippen molar-refractivity contribution in [1.29, 1.82) is 0 Å². The Morgan fingerprint density at radius 1 is 1.18 bits per heavy atom. The Labute approximate surface area is 148 Å². The predicted molar refractivity (Wildman–Crippen MR) is 97.2 cm³/mol. The minimum atomic E-state index is 0. The molecule has 2 fully saturated rings. The lowest BCUT2D eigenvalue weighted by atomic mass is 10.1. The molecule has 2 atom stereocenters. The molecule has 0 bridgehead atoms. The molecular weight excluding hydrogens is 337 g/mol. The third-order valence-electron chi connectivity index (χ3n) is 4.50. The summed E-state index contributed by atoms with van der Waals surface area (Å²) in [6.07, 6.45) is 1.34. The van der Waals surface area contributed by atoms with E-state index in [9.17, 15) is 0 Å². The Morgan fingerprint density at radius 2 is 2.00 bits per heavy atom. The second-order valence-electron chi connectivity index (χ2n) is 5.75. The fourth-order valence-corrected chi connectivity index (χ4v) is 4.25. The molecule has 2 aliphatic rings. The van der Waals surface area contributed by atoms with Crippen LogP contribution in [0.2, 0.25) is 0 Å². The SMILES string of the molecule is Cl.Cl.c1ccc(-c2nc(CN3CC[C@H]4CNC[C@H]43)cs2)cc1. The van der Waals surface area contributed by atoms with Crippen LogP contribution in [0.4, 0.5) is 0 Å². The number of aromatic nitrogens is 1. The van der Waals surface area contributed by atoms with Crippen molar-refractivity contribution in [3.63, 3.8) is 0 Å². The molecule has 0 radical (unpaired) electrons. The van der Waals surface area contributed by atoms with Gasteiger partial charge in [0.05, 0.1) is 5.69 Å². The molecule has 0 aliphatic carbocycles. The summed E-state index contributed by atoms with van der Waals surface area (Å²) in [5.41, 5.74) is 2.45. The molecule has 2 aliphatic heterocycles. The molecule has 0 saturated carbocycles. The van der Waals surface area contributed by atoms with Gasteiger partial charge in [-0.15, -0.1) is 36.2 Å². The number of benzene rings is 1. The topological polar surface area (TPSA) is 28.2 Å². The predicted octanol–water partition coefficient (Wildman–Crippen LogP) is 3.45. The molecule has 4 rings (SSSR count). The lowest BCUT2D eigenvalue weighted by Crippen LogP contribution is -2.33. The van der Waals surface area contributed by atoms with Gasteiger partial charge >= 0.3 is 0 Å². The van der Waals surface area contributed by atoms with Crippen molar-refractivity contribution in [2.45, 2.75) is 19.0 Å². The molecule has 22 heavy (non-hydrogen) atoms. The third-order valence-corrected chi connectivity index (χ3v) is 5.44. The summed E-state index contributed by atoms with van der Waals surface area (Å²) in [4.78, 5) is 7.42. The van der Waals surface area contributed by atoms with Crippen LogP contribution in [0.15, 0.2) is 35.7 Å². The lowest BCUT2D eigenvalue weighted by Gasteiger charge is -2.21. The quantitative estimate of drug-likeness (QED) is 0.911. The van der Waals surface area contributed by atoms with E-state index in [-0.39, 0.29) is 24.8 Å². The zero-order chi connectivity index (χ0) is 13.4. The Balaban J connectivity index is 0.000000882. The molecule has 1 aromatic carbocycles. The van der Waals surface area contributed by atoms with E-state index in [1.54, 1.807) is 11.3 Å². The van der Waals surface area contributed by atoms with E-state index < -0.39 is 0 Å². The van der Waals surface area contributed by atoms with Gasteiger partial charge in [0.1, 0.15) is 5.01 Å². The van der Waals surface area contributed by atoms with Gasteiger partial charge in [-0.05, 0) is 25.4 Å². The fourth-order valence-electron chi connectivity index (χ4n) is 3.44. The van der Waals surface area contributed by atoms with E-state index in [2.05, 4.69) is 45.9 Å². The Morgan fingerprint density at radius 3 is 2.82 bits per heavy atom. The van der Waals surface area contributed by atoms with E-state index >= 15 is 0 Å². The Kier molecular flexibility index (Phi) is 6.24. The van der Waals surface area contributed by atoms with Crippen molar-refractivity contribution >= 4 is 36.2 Å². The maximum absolute atomic E-state index is 4.81. The molecular formula is C16H21Cl2N3S. The number of nitrogens with one attached hydrogen (secondary N) is 1. The summed E-state index contributed by atoms with van der Waals surface area (Å²) >= 11 is 1.76. The molecule has 0 spiro atoms. The van der Waals surface area contributed by atoms with Crippen molar-refractivity contribution in [2.24, 2.45) is 5.92 Å². The van der Waals surface area contributed by atoms with Crippen LogP contribution in [0.5, 0.6) is 0 Å². The lowest BCUT2D eigenvalue weighted by molar-refractivity contribution is 0.242. The monoisotopic (exact) mass is 357 g/mol. The second kappa shape index (κ2) is 7.75. The number of rotatable bonds is 3. The van der Waals surface area contributed by atoms with E-state index in [1.807, 2.05) is 0 Å². The van der Waals surface area contributed by atoms with Crippen molar-refractivity contribution in [3.05, 3.63) is 41.4 Å². The standard InChI is InChI=1S/C16H19N3S.2ClH/c1-2-4-12(5-3-1)16-18-14(11-20-16)10-19-7-6-13-8-17-9-15(13)19;;/h1-5,11,13,15,17H,6-10H2;2*1H/t13-,15+;;/m0../s1. The molecule has 2 saturated heterocycles. The molecule has 3 nitrogen and oxygen atoms in total. The van der Waals surface area contributed by atoms with E-state index in [0.717, 1.165) is 30.1 Å². The molecule has 120 valence electrons. The average Bonchev–Trinajstić information content (AvgIpc) is 3.19. The number of likely N-dealkylation sites (tertiary alicyclic amines) is 1. The van der Waals surface area contributed by atoms with Gasteiger partial charge in [-0.3, -0.25) is 4.90 Å². The summed E-state index contributed by atoms with van der Waals surface area (Å²) in [5.74, 6) is 0.863. The van der Waals surface area contributed by atoms with Gasteiger partial charge in [0.25, 0.3) is 0 Å². The second-order valence-corrected chi connectivity index (χ2v) is 6.61. The molecule has 2 aromatic rings. The smallest absolute Gasteiger partial charge is 0.123 e. The number of hydrogen-bond donors (Lipinski definition) is 1. The highest BCUT2D eigenvalue weighted by molar-refractivity contribution is 7.13. The number of nitrogens with zero attached hydrogens (tertiary/aromatic N) is 2. The fraction of sp³-hybridized carbons (Fsp3) is 0.438. The molecule has 3 heterocycles. The van der Waals surface area contributed by atoms with Crippen LogP contribution in [0.25, 0.3) is 10.6 Å². The zero-order valence-corrected chi connectivity index (χ0v) is 14.7. The highest BCUT2D eigenvalue weighted by Gasteiger charge is 2.37. The van der Waals surface area contributed by atoms with Crippen LogP contribution in [-0.4, -0.2) is 35.6 Å². The minimum Gasteiger partial charge on any atom is -0.315 e. The van der Waals surface area contributed by atoms with Crippen LogP contribution in [0.1, 0.15) is 12.1 Å². The zero-order valence-electron chi connectivity index (χ0n) is 12.3. The van der Waals surface area contributed by atoms with Crippen LogP contribution in [0, 0.1) is 5.92 Å². The highest BCUT2D eigenvalue weighted by atomic mass is 35.5. The average molecular weight is 358 g/mol. The number of fused-ring (bicyclic) bond motifs is 1. The van der Waals surface area contributed by atoms with Gasteiger partial charge in [-0.25, -0.2) is 4.98 Å². The first-order valence-corrected chi connectivity index (χ1v) is 8.23. The summed E-state index contributed by atoms with van der Waals surface area (Å²) in [7, 11) is 0. The number of thiazole rings is 1. The van der Waals surface area contributed by atoms with Gasteiger partial charge < -0.3 is 5.32 Å². The summed E-state index contributed by atoms with van der Waals surface area (Å²) in [5, 5.41) is 6.87. The molecule has 1 aromatic heterocycles. The molecule has 0 unspecified atom stereocenters. The van der Waals surface area contributed by atoms with Gasteiger partial charge in [-0.1, -0.05) is 30.3 Å². The largest absolute Gasteiger partial charge is 0.315 e. The van der Waals surface area contributed by atoms with Crippen LogP contribution in [-0.2, 0) is 6.54 Å². The maximum atomic E-state index is 4.81. The Bertz CT molecular complexity index is 590. The molecule has 6 heteroatoms. The van der Waals surface area contributed by atoms with Crippen molar-refractivity contribution in [3.8, 4) is 10.6 Å². The van der Waals surface area contributed by atoms with Gasteiger partial charge in [0.15, 0.2) is 0 Å². The molecule has 1 N–H and O–H groups in total. The van der Waals surface area contributed by atoms with Gasteiger partial charge in [-0.2, -0.15) is 0 Å². The van der Waals surface area contributed by atoms with E-state index in [4.69, 9.17) is 4.98 Å². The third kappa shape index (κ3) is 3.47. The van der Waals surface area contributed by atoms with Crippen LogP contribution >= 0.6 is 36.2 Å². The van der Waals surface area contributed by atoms with E-state index in [1.165, 1.54) is 30.8 Å². The maximum Gasteiger partial charge on any atom is 0.123 e. The van der Waals surface area contributed by atoms with Gasteiger partial charge in [0, 0.05) is 30.1 Å². The highest BCUT2D eigenvalue weighted by Crippen LogP contribution is 2.30. The van der Waals surface area contributed by atoms with Crippen LogP contribution in [0.3, 0.4) is 0 Å². The normalized spacial score (nSPS) is 23.6. The first-order chi connectivity index (χ1) is 9.90. The van der Waals surface area contributed by atoms with Crippen molar-refractivity contribution in [2.75, 3.05) is 19.6 Å². The van der Waals surface area contributed by atoms with Crippen molar-refractivity contribution < 1.29 is 0 Å². The number of hydrogen-bond acceptors (Lipinski definition) is 4. The van der Waals surface area contributed by atoms with E-state index in [0.29, 0.717) is 0 Å². The Hall–Kier alpha value is -0.650. The molecule has 0 amide bonds. The summed E-state index contributed by atoms with van der Waals surface area (Å²) in [6.45, 7) is 4.59. The first-order valence-electron chi connectivity index (χ1n) is 7.35.